The molecule has 0 unspecified atom stereocenters. The lowest BCUT2D eigenvalue weighted by atomic mass is 10.1. The molecule has 1 aliphatic rings. The van der Waals surface area contributed by atoms with Gasteiger partial charge in [-0.25, -0.2) is 4.79 Å². The second kappa shape index (κ2) is 7.68. The van der Waals surface area contributed by atoms with Crippen LogP contribution in [0.25, 0.3) is 0 Å². The molecule has 0 spiro atoms. The number of para-hydroxylation sites is 2. The smallest absolute Gasteiger partial charge is 0.347 e. The zero-order valence-electron chi connectivity index (χ0n) is 15.3. The topological polar surface area (TPSA) is 59.0 Å². The Kier molecular flexibility index (Phi) is 5.35. The number of aryl methyl sites for hydroxylation is 1. The van der Waals surface area contributed by atoms with Gasteiger partial charge in [0.15, 0.2) is 5.60 Å². The Hall–Kier alpha value is -2.69. The van der Waals surface area contributed by atoms with Crippen LogP contribution in [-0.4, -0.2) is 36.4 Å². The Morgan fingerprint density at radius 1 is 1.23 bits per heavy atom. The number of hydrogen-bond acceptors (Lipinski definition) is 4. The van der Waals surface area contributed by atoms with Crippen molar-refractivity contribution in [1.82, 2.24) is 0 Å². The van der Waals surface area contributed by atoms with Gasteiger partial charge < -0.3 is 19.5 Å². The van der Waals surface area contributed by atoms with Crippen molar-refractivity contribution in [2.45, 2.75) is 32.3 Å². The van der Waals surface area contributed by atoms with Gasteiger partial charge >= 0.3 is 5.97 Å². The number of rotatable bonds is 7. The normalized spacial score (nSPS) is 13.7. The van der Waals surface area contributed by atoms with Crippen LogP contribution >= 0.6 is 0 Å². The molecule has 0 radical (unpaired) electrons. The van der Waals surface area contributed by atoms with E-state index in [9.17, 15) is 9.90 Å². The van der Waals surface area contributed by atoms with Gasteiger partial charge in [0.1, 0.15) is 18.1 Å². The molecule has 0 bridgehead atoms. The molecule has 26 heavy (non-hydrogen) atoms. The molecule has 0 fully saturated rings. The molecular weight excluding hydrogens is 330 g/mol. The number of carboxylic acid groups (broad SMARTS) is 1. The number of carboxylic acids is 1. The molecule has 2 aromatic carbocycles. The summed E-state index contributed by atoms with van der Waals surface area (Å²) in [5, 5.41) is 9.20. The Balaban J connectivity index is 1.58. The molecule has 0 atom stereocenters. The van der Waals surface area contributed by atoms with Crippen molar-refractivity contribution in [3.05, 3.63) is 54.1 Å². The Bertz CT molecular complexity index is 772. The molecule has 0 aromatic heterocycles. The predicted molar refractivity (Wildman–Crippen MR) is 101 cm³/mol. The molecule has 2 aromatic rings. The summed E-state index contributed by atoms with van der Waals surface area (Å²) in [7, 11) is 0. The zero-order valence-corrected chi connectivity index (χ0v) is 15.3. The van der Waals surface area contributed by atoms with E-state index in [1.807, 2.05) is 36.4 Å². The van der Waals surface area contributed by atoms with Gasteiger partial charge in [0.2, 0.25) is 0 Å². The zero-order chi connectivity index (χ0) is 18.6. The minimum absolute atomic E-state index is 0.589. The maximum Gasteiger partial charge on any atom is 0.347 e. The highest BCUT2D eigenvalue weighted by molar-refractivity contribution is 5.76. The van der Waals surface area contributed by atoms with Crippen molar-refractivity contribution < 1.29 is 19.4 Å². The third-order valence-electron chi connectivity index (χ3n) is 4.50. The summed E-state index contributed by atoms with van der Waals surface area (Å²) >= 11 is 0. The van der Waals surface area contributed by atoms with E-state index >= 15 is 0 Å². The third-order valence-corrected chi connectivity index (χ3v) is 4.50. The highest BCUT2D eigenvalue weighted by Gasteiger charge is 2.29. The van der Waals surface area contributed by atoms with Crippen LogP contribution in [-0.2, 0) is 11.2 Å². The first-order chi connectivity index (χ1) is 12.5. The molecule has 0 aliphatic carbocycles. The first-order valence-electron chi connectivity index (χ1n) is 8.94. The summed E-state index contributed by atoms with van der Waals surface area (Å²) in [5.74, 6) is 0.561. The number of ether oxygens (including phenoxy) is 2. The monoisotopic (exact) mass is 355 g/mol. The SMILES string of the molecule is CC(C)(Oc1cccc(CCCN2CCOc3ccccc32)c1)C(=O)O. The van der Waals surface area contributed by atoms with Crippen molar-refractivity contribution in [3.63, 3.8) is 0 Å². The maximum absolute atomic E-state index is 11.2. The van der Waals surface area contributed by atoms with Crippen LogP contribution in [0.15, 0.2) is 48.5 Å². The maximum atomic E-state index is 11.2. The van der Waals surface area contributed by atoms with Gasteiger partial charge in [-0.05, 0) is 56.5 Å². The van der Waals surface area contributed by atoms with E-state index in [0.29, 0.717) is 12.4 Å². The highest BCUT2D eigenvalue weighted by Crippen LogP contribution is 2.31. The summed E-state index contributed by atoms with van der Waals surface area (Å²) in [6.45, 7) is 5.67. The van der Waals surface area contributed by atoms with E-state index in [1.54, 1.807) is 19.9 Å². The molecule has 1 aliphatic heterocycles. The van der Waals surface area contributed by atoms with Gasteiger partial charge in [-0.15, -0.1) is 0 Å². The second-order valence-corrected chi connectivity index (χ2v) is 6.97. The number of hydrogen-bond donors (Lipinski definition) is 1. The van der Waals surface area contributed by atoms with Gasteiger partial charge in [-0.2, -0.15) is 0 Å². The fourth-order valence-electron chi connectivity index (χ4n) is 3.04. The van der Waals surface area contributed by atoms with Crippen molar-refractivity contribution in [2.24, 2.45) is 0 Å². The lowest BCUT2D eigenvalue weighted by Gasteiger charge is -2.31. The van der Waals surface area contributed by atoms with E-state index in [1.165, 1.54) is 0 Å². The van der Waals surface area contributed by atoms with Crippen LogP contribution in [0.2, 0.25) is 0 Å². The Morgan fingerprint density at radius 2 is 2.04 bits per heavy atom. The second-order valence-electron chi connectivity index (χ2n) is 6.97. The van der Waals surface area contributed by atoms with Crippen molar-refractivity contribution in [2.75, 3.05) is 24.6 Å². The summed E-state index contributed by atoms with van der Waals surface area (Å²) < 4.78 is 11.3. The summed E-state index contributed by atoms with van der Waals surface area (Å²) in [6, 6.07) is 15.8. The largest absolute Gasteiger partial charge is 0.490 e. The summed E-state index contributed by atoms with van der Waals surface area (Å²) in [4.78, 5) is 13.6. The molecule has 5 heteroatoms. The molecule has 0 amide bonds. The molecule has 1 heterocycles. The van der Waals surface area contributed by atoms with Crippen LogP contribution in [0.5, 0.6) is 11.5 Å². The summed E-state index contributed by atoms with van der Waals surface area (Å²) in [5.41, 5.74) is 1.06. The fourth-order valence-corrected chi connectivity index (χ4v) is 3.04. The number of fused-ring (bicyclic) bond motifs is 1. The number of nitrogens with zero attached hydrogens (tertiary/aromatic N) is 1. The average molecular weight is 355 g/mol. The van der Waals surface area contributed by atoms with E-state index < -0.39 is 11.6 Å². The van der Waals surface area contributed by atoms with Gasteiger partial charge in [-0.3, -0.25) is 0 Å². The van der Waals surface area contributed by atoms with E-state index in [-0.39, 0.29) is 0 Å². The third kappa shape index (κ3) is 4.28. The average Bonchev–Trinajstić information content (AvgIpc) is 2.62. The molecule has 138 valence electrons. The van der Waals surface area contributed by atoms with E-state index in [2.05, 4.69) is 11.0 Å². The first-order valence-corrected chi connectivity index (χ1v) is 8.94. The molecule has 1 N–H and O–H groups in total. The molecule has 3 rings (SSSR count). The van der Waals surface area contributed by atoms with Crippen LogP contribution in [0.4, 0.5) is 5.69 Å². The quantitative estimate of drug-likeness (QED) is 0.819. The van der Waals surface area contributed by atoms with Crippen LogP contribution in [0, 0.1) is 0 Å². The standard InChI is InChI=1S/C21H25NO4/c1-21(2,20(23)24)26-17-9-5-7-16(15-17)8-6-12-22-13-14-25-19-11-4-3-10-18(19)22/h3-5,7,9-11,15H,6,8,12-14H2,1-2H3,(H,23,24). The molecule has 0 saturated heterocycles. The lowest BCUT2D eigenvalue weighted by molar-refractivity contribution is -0.152. The highest BCUT2D eigenvalue weighted by atomic mass is 16.5. The Labute approximate surface area is 154 Å². The molecule has 5 nitrogen and oxygen atoms in total. The van der Waals surface area contributed by atoms with E-state index in [0.717, 1.165) is 42.9 Å². The van der Waals surface area contributed by atoms with E-state index in [4.69, 9.17) is 9.47 Å². The van der Waals surface area contributed by atoms with Crippen LogP contribution < -0.4 is 14.4 Å². The summed E-state index contributed by atoms with van der Waals surface area (Å²) in [6.07, 6.45) is 1.91. The van der Waals surface area contributed by atoms with Crippen LogP contribution in [0.1, 0.15) is 25.8 Å². The molecular formula is C21H25NO4. The fraction of sp³-hybridized carbons (Fsp3) is 0.381. The number of benzene rings is 2. The Morgan fingerprint density at radius 3 is 2.85 bits per heavy atom. The lowest BCUT2D eigenvalue weighted by Crippen LogP contribution is -2.37. The van der Waals surface area contributed by atoms with Crippen LogP contribution in [0.3, 0.4) is 0 Å². The van der Waals surface area contributed by atoms with Gasteiger partial charge in [0, 0.05) is 6.54 Å². The minimum atomic E-state index is -1.24. The predicted octanol–water partition coefficient (Wildman–Crippen LogP) is 3.76. The number of aliphatic carboxylic acids is 1. The number of carbonyl (C=O) groups is 1. The van der Waals surface area contributed by atoms with Gasteiger partial charge in [-0.1, -0.05) is 24.3 Å². The van der Waals surface area contributed by atoms with Crippen molar-refractivity contribution >= 4 is 11.7 Å². The van der Waals surface area contributed by atoms with Crippen molar-refractivity contribution in [1.29, 1.82) is 0 Å². The number of anilines is 1. The van der Waals surface area contributed by atoms with Gasteiger partial charge in [0.25, 0.3) is 0 Å². The van der Waals surface area contributed by atoms with Gasteiger partial charge in [0.05, 0.1) is 12.2 Å². The van der Waals surface area contributed by atoms with Crippen molar-refractivity contribution in [3.8, 4) is 11.5 Å². The molecule has 0 saturated carbocycles. The first kappa shape index (κ1) is 18.1. The minimum Gasteiger partial charge on any atom is -0.490 e.